The summed E-state index contributed by atoms with van der Waals surface area (Å²) < 4.78 is 1.70. The Morgan fingerprint density at radius 1 is 1.33 bits per heavy atom. The number of oxime groups is 1. The number of rotatable bonds is 2. The lowest BCUT2D eigenvalue weighted by Crippen LogP contribution is -2.10. The van der Waals surface area contributed by atoms with E-state index >= 15 is 0 Å². The molecule has 5 heteroatoms. The van der Waals surface area contributed by atoms with Crippen LogP contribution in [0.15, 0.2) is 41.8 Å². The summed E-state index contributed by atoms with van der Waals surface area (Å²) in [6, 6.07) is 9.34. The maximum absolute atomic E-state index is 8.98. The highest BCUT2D eigenvalue weighted by molar-refractivity contribution is 6.10. The number of benzene rings is 1. The van der Waals surface area contributed by atoms with Gasteiger partial charge in [0, 0.05) is 12.6 Å². The molecule has 1 N–H and O–H groups in total. The molecular formula is C10H10N4O. The van der Waals surface area contributed by atoms with Crippen LogP contribution in [0.1, 0.15) is 11.4 Å². The first-order valence-electron chi connectivity index (χ1n) is 4.45. The number of aryl methyl sites for hydroxylation is 1. The van der Waals surface area contributed by atoms with Crippen molar-refractivity contribution in [1.29, 1.82) is 0 Å². The number of hydrogen-bond acceptors (Lipinski definition) is 4. The second-order valence-corrected chi connectivity index (χ2v) is 3.08. The molecule has 15 heavy (non-hydrogen) atoms. The molecule has 0 aliphatic heterocycles. The molecule has 1 heterocycles. The highest BCUT2D eigenvalue weighted by atomic mass is 16.4. The van der Waals surface area contributed by atoms with Crippen LogP contribution in [-0.4, -0.2) is 25.7 Å². The standard InChI is InChI=1S/C10H10N4O/c1-14-7-11-12-10(14)9(13-15)8-5-3-2-4-6-8/h2-7,15H,1H3/b13-9+. The first-order valence-corrected chi connectivity index (χ1v) is 4.45. The van der Waals surface area contributed by atoms with Crippen molar-refractivity contribution in [3.05, 3.63) is 48.0 Å². The predicted molar refractivity (Wildman–Crippen MR) is 54.9 cm³/mol. The van der Waals surface area contributed by atoms with Gasteiger partial charge in [-0.2, -0.15) is 0 Å². The van der Waals surface area contributed by atoms with Crippen molar-refractivity contribution in [2.75, 3.05) is 0 Å². The van der Waals surface area contributed by atoms with E-state index in [1.165, 1.54) is 0 Å². The van der Waals surface area contributed by atoms with Gasteiger partial charge >= 0.3 is 0 Å². The molecule has 2 aromatic rings. The van der Waals surface area contributed by atoms with Gasteiger partial charge in [-0.15, -0.1) is 10.2 Å². The van der Waals surface area contributed by atoms with Crippen LogP contribution >= 0.6 is 0 Å². The Labute approximate surface area is 86.7 Å². The summed E-state index contributed by atoms with van der Waals surface area (Å²) in [7, 11) is 1.80. The van der Waals surface area contributed by atoms with E-state index in [0.717, 1.165) is 5.56 Å². The van der Waals surface area contributed by atoms with Crippen molar-refractivity contribution in [2.24, 2.45) is 12.2 Å². The van der Waals surface area contributed by atoms with E-state index in [4.69, 9.17) is 5.21 Å². The van der Waals surface area contributed by atoms with Crippen LogP contribution in [-0.2, 0) is 7.05 Å². The lowest BCUT2D eigenvalue weighted by molar-refractivity contribution is 0.319. The van der Waals surface area contributed by atoms with Crippen LogP contribution in [0.3, 0.4) is 0 Å². The van der Waals surface area contributed by atoms with Gasteiger partial charge in [0.05, 0.1) is 0 Å². The van der Waals surface area contributed by atoms with Gasteiger partial charge in [-0.25, -0.2) is 0 Å². The largest absolute Gasteiger partial charge is 0.410 e. The third kappa shape index (κ3) is 1.71. The van der Waals surface area contributed by atoms with Gasteiger partial charge in [0.2, 0.25) is 0 Å². The molecular weight excluding hydrogens is 192 g/mol. The van der Waals surface area contributed by atoms with Crippen molar-refractivity contribution >= 4 is 5.71 Å². The molecule has 0 atom stereocenters. The van der Waals surface area contributed by atoms with Crippen molar-refractivity contribution in [1.82, 2.24) is 14.8 Å². The average Bonchev–Trinajstić information content (AvgIpc) is 2.68. The summed E-state index contributed by atoms with van der Waals surface area (Å²) in [6.07, 6.45) is 1.56. The lowest BCUT2D eigenvalue weighted by Gasteiger charge is -2.02. The van der Waals surface area contributed by atoms with Gasteiger partial charge in [-0.05, 0) is 0 Å². The monoisotopic (exact) mass is 202 g/mol. The molecule has 0 fully saturated rings. The normalized spacial score (nSPS) is 11.7. The van der Waals surface area contributed by atoms with E-state index < -0.39 is 0 Å². The highest BCUT2D eigenvalue weighted by Crippen LogP contribution is 2.07. The number of aromatic nitrogens is 3. The van der Waals surface area contributed by atoms with Crippen molar-refractivity contribution in [3.8, 4) is 0 Å². The first kappa shape index (κ1) is 9.39. The van der Waals surface area contributed by atoms with Crippen LogP contribution in [0, 0.1) is 0 Å². The smallest absolute Gasteiger partial charge is 0.186 e. The second-order valence-electron chi connectivity index (χ2n) is 3.08. The van der Waals surface area contributed by atoms with Crippen molar-refractivity contribution in [2.45, 2.75) is 0 Å². The molecule has 1 aromatic carbocycles. The fourth-order valence-corrected chi connectivity index (χ4v) is 1.33. The summed E-state index contributed by atoms with van der Waals surface area (Å²) in [5.74, 6) is 0.531. The van der Waals surface area contributed by atoms with E-state index in [0.29, 0.717) is 11.5 Å². The maximum atomic E-state index is 8.98. The van der Waals surface area contributed by atoms with Gasteiger partial charge in [0.1, 0.15) is 6.33 Å². The van der Waals surface area contributed by atoms with Crippen molar-refractivity contribution in [3.63, 3.8) is 0 Å². The Balaban J connectivity index is 2.48. The van der Waals surface area contributed by atoms with Gasteiger partial charge in [0.25, 0.3) is 0 Å². The Kier molecular flexibility index (Phi) is 2.45. The Morgan fingerprint density at radius 3 is 2.60 bits per heavy atom. The summed E-state index contributed by atoms with van der Waals surface area (Å²) >= 11 is 0. The second kappa shape index (κ2) is 3.91. The van der Waals surface area contributed by atoms with Crippen molar-refractivity contribution < 1.29 is 5.21 Å². The predicted octanol–water partition coefficient (Wildman–Crippen LogP) is 1.04. The van der Waals surface area contributed by atoms with Gasteiger partial charge in [-0.1, -0.05) is 35.5 Å². The molecule has 0 spiro atoms. The number of nitrogens with zero attached hydrogens (tertiary/aromatic N) is 4. The maximum Gasteiger partial charge on any atom is 0.186 e. The van der Waals surface area contributed by atoms with E-state index in [9.17, 15) is 0 Å². The fraction of sp³-hybridized carbons (Fsp3) is 0.100. The molecule has 0 aliphatic carbocycles. The number of hydrogen-bond donors (Lipinski definition) is 1. The highest BCUT2D eigenvalue weighted by Gasteiger charge is 2.12. The van der Waals surface area contributed by atoms with Crippen LogP contribution in [0.25, 0.3) is 0 Å². The summed E-state index contributed by atoms with van der Waals surface area (Å²) in [4.78, 5) is 0. The molecule has 0 aliphatic rings. The zero-order valence-electron chi connectivity index (χ0n) is 8.20. The van der Waals surface area contributed by atoms with Gasteiger partial charge in [-0.3, -0.25) is 0 Å². The minimum absolute atomic E-state index is 0.413. The zero-order chi connectivity index (χ0) is 10.7. The lowest BCUT2D eigenvalue weighted by atomic mass is 10.1. The molecule has 0 unspecified atom stereocenters. The molecule has 0 saturated heterocycles. The Morgan fingerprint density at radius 2 is 2.07 bits per heavy atom. The van der Waals surface area contributed by atoms with E-state index in [1.807, 2.05) is 30.3 Å². The molecule has 0 amide bonds. The third-order valence-electron chi connectivity index (χ3n) is 2.07. The van der Waals surface area contributed by atoms with Gasteiger partial charge in [0.15, 0.2) is 11.5 Å². The van der Waals surface area contributed by atoms with E-state index in [2.05, 4.69) is 15.4 Å². The fourth-order valence-electron chi connectivity index (χ4n) is 1.33. The molecule has 5 nitrogen and oxygen atoms in total. The molecule has 0 bridgehead atoms. The Bertz CT molecular complexity index is 475. The summed E-state index contributed by atoms with van der Waals surface area (Å²) in [5.41, 5.74) is 1.21. The SMILES string of the molecule is Cn1cnnc1/C(=N/O)c1ccccc1. The van der Waals surface area contributed by atoms with Crippen LogP contribution in [0.4, 0.5) is 0 Å². The third-order valence-corrected chi connectivity index (χ3v) is 2.07. The zero-order valence-corrected chi connectivity index (χ0v) is 8.20. The average molecular weight is 202 g/mol. The molecule has 2 rings (SSSR count). The minimum atomic E-state index is 0.413. The van der Waals surface area contributed by atoms with Crippen LogP contribution < -0.4 is 0 Å². The quantitative estimate of drug-likeness (QED) is 0.449. The molecule has 76 valence electrons. The molecule has 0 radical (unpaired) electrons. The first-order chi connectivity index (χ1) is 7.33. The van der Waals surface area contributed by atoms with E-state index in [1.54, 1.807) is 17.9 Å². The van der Waals surface area contributed by atoms with Crippen LogP contribution in [0.2, 0.25) is 0 Å². The van der Waals surface area contributed by atoms with Gasteiger partial charge < -0.3 is 9.77 Å². The summed E-state index contributed by atoms with van der Waals surface area (Å²) in [6.45, 7) is 0. The topological polar surface area (TPSA) is 63.3 Å². The van der Waals surface area contributed by atoms with E-state index in [-0.39, 0.29) is 0 Å². The molecule has 1 aromatic heterocycles. The Hall–Kier alpha value is -2.17. The molecule has 0 saturated carbocycles. The summed E-state index contributed by atoms with van der Waals surface area (Å²) in [5, 5.41) is 19.9. The van der Waals surface area contributed by atoms with Crippen LogP contribution in [0.5, 0.6) is 0 Å². The minimum Gasteiger partial charge on any atom is -0.410 e.